The van der Waals surface area contributed by atoms with Crippen molar-refractivity contribution in [2.24, 2.45) is 11.8 Å². The molecule has 2 rings (SSSR count). The van der Waals surface area contributed by atoms with Gasteiger partial charge in [-0.2, -0.15) is 0 Å². The lowest BCUT2D eigenvalue weighted by molar-refractivity contribution is -0.139. The molecule has 0 bridgehead atoms. The first-order valence-electron chi connectivity index (χ1n) is 6.61. The highest BCUT2D eigenvalue weighted by Gasteiger charge is 2.31. The predicted molar refractivity (Wildman–Crippen MR) is 66.3 cm³/mol. The maximum atomic E-state index is 12.0. The zero-order valence-corrected chi connectivity index (χ0v) is 10.4. The van der Waals surface area contributed by atoms with Gasteiger partial charge in [-0.3, -0.25) is 4.79 Å². The first-order chi connectivity index (χ1) is 8.31. The van der Waals surface area contributed by atoms with Gasteiger partial charge in [-0.25, -0.2) is 0 Å². The quantitative estimate of drug-likeness (QED) is 0.548. The van der Waals surface area contributed by atoms with E-state index in [1.807, 2.05) is 4.90 Å². The second kappa shape index (κ2) is 6.07. The van der Waals surface area contributed by atoms with E-state index in [0.717, 1.165) is 45.4 Å². The van der Waals surface area contributed by atoms with Gasteiger partial charge in [0.15, 0.2) is 0 Å². The first kappa shape index (κ1) is 12.4. The van der Waals surface area contributed by atoms with Crippen LogP contribution in [0.15, 0.2) is 0 Å². The molecule has 0 atom stereocenters. The molecule has 1 amide bonds. The Kier molecular flexibility index (Phi) is 4.44. The summed E-state index contributed by atoms with van der Waals surface area (Å²) in [6.45, 7) is 2.95. The van der Waals surface area contributed by atoms with E-state index in [0.29, 0.717) is 24.3 Å². The summed E-state index contributed by atoms with van der Waals surface area (Å²) in [7, 11) is 0. The Hall–Kier alpha value is -1.01. The van der Waals surface area contributed by atoms with Crippen molar-refractivity contribution in [3.05, 3.63) is 0 Å². The average molecular weight is 235 g/mol. The molecule has 3 heteroatoms. The molecule has 3 nitrogen and oxygen atoms in total. The zero-order valence-electron chi connectivity index (χ0n) is 10.4. The van der Waals surface area contributed by atoms with Gasteiger partial charge in [0.05, 0.1) is 6.61 Å². The number of amides is 1. The van der Waals surface area contributed by atoms with E-state index < -0.39 is 0 Å². The Labute approximate surface area is 104 Å². The lowest BCUT2D eigenvalue weighted by Gasteiger charge is -2.36. The monoisotopic (exact) mass is 235 g/mol. The van der Waals surface area contributed by atoms with Crippen LogP contribution in [0.25, 0.3) is 0 Å². The number of piperidine rings is 1. The summed E-state index contributed by atoms with van der Waals surface area (Å²) in [6, 6.07) is 0. The zero-order chi connectivity index (χ0) is 12.1. The van der Waals surface area contributed by atoms with Crippen LogP contribution >= 0.6 is 0 Å². The van der Waals surface area contributed by atoms with Crippen LogP contribution in [0.5, 0.6) is 0 Å². The second-order valence-electron chi connectivity index (χ2n) is 5.12. The molecule has 0 aromatic carbocycles. The molecule has 17 heavy (non-hydrogen) atoms. The number of likely N-dealkylation sites (tertiary alicyclic amines) is 1. The third-order valence-electron chi connectivity index (χ3n) is 3.92. The second-order valence-corrected chi connectivity index (χ2v) is 5.12. The van der Waals surface area contributed by atoms with Crippen molar-refractivity contribution in [2.45, 2.75) is 32.1 Å². The fourth-order valence-corrected chi connectivity index (χ4v) is 2.52. The topological polar surface area (TPSA) is 29.5 Å². The minimum atomic E-state index is 0.337. The van der Waals surface area contributed by atoms with E-state index in [1.54, 1.807) is 0 Å². The van der Waals surface area contributed by atoms with Crippen LogP contribution in [0.4, 0.5) is 0 Å². The minimum absolute atomic E-state index is 0.337. The molecule has 0 aromatic rings. The summed E-state index contributed by atoms with van der Waals surface area (Å²) in [5.41, 5.74) is 0. The maximum Gasteiger partial charge on any atom is 0.225 e. The Bertz CT molecular complexity index is 296. The fourth-order valence-electron chi connectivity index (χ4n) is 2.52. The molecule has 1 saturated carbocycles. The number of carbonyl (C=O) groups excluding carboxylic acids is 1. The molecule has 0 unspecified atom stereocenters. The summed E-state index contributed by atoms with van der Waals surface area (Å²) in [4.78, 5) is 14.1. The Morgan fingerprint density at radius 1 is 1.29 bits per heavy atom. The normalized spacial score (nSPS) is 21.9. The lowest BCUT2D eigenvalue weighted by Crippen LogP contribution is -2.44. The van der Waals surface area contributed by atoms with Crippen LogP contribution in [0, 0.1) is 24.2 Å². The Balaban J connectivity index is 1.67. The van der Waals surface area contributed by atoms with Gasteiger partial charge in [0.2, 0.25) is 5.91 Å². The number of hydrogen-bond donors (Lipinski definition) is 0. The van der Waals surface area contributed by atoms with Gasteiger partial charge in [0.1, 0.15) is 6.61 Å². The molecule has 2 fully saturated rings. The summed E-state index contributed by atoms with van der Waals surface area (Å²) in [5.74, 6) is 3.78. The number of nitrogens with zero attached hydrogens (tertiary/aromatic N) is 1. The number of ether oxygens (including phenoxy) is 1. The van der Waals surface area contributed by atoms with Crippen molar-refractivity contribution < 1.29 is 9.53 Å². The number of hydrogen-bond acceptors (Lipinski definition) is 2. The average Bonchev–Trinajstić information content (AvgIpc) is 2.28. The number of rotatable bonds is 4. The van der Waals surface area contributed by atoms with Gasteiger partial charge in [-0.1, -0.05) is 12.3 Å². The van der Waals surface area contributed by atoms with Crippen molar-refractivity contribution in [2.75, 3.05) is 26.3 Å². The minimum Gasteiger partial charge on any atom is -0.369 e. The molecule has 1 heterocycles. The van der Waals surface area contributed by atoms with Crippen molar-refractivity contribution in [1.82, 2.24) is 4.90 Å². The third kappa shape index (κ3) is 3.23. The molecule has 94 valence electrons. The van der Waals surface area contributed by atoms with Crippen LogP contribution in [0.2, 0.25) is 0 Å². The molecule has 1 saturated heterocycles. The van der Waals surface area contributed by atoms with E-state index in [9.17, 15) is 4.79 Å². The van der Waals surface area contributed by atoms with Gasteiger partial charge in [-0.05, 0) is 31.6 Å². The van der Waals surface area contributed by atoms with Crippen LogP contribution < -0.4 is 0 Å². The van der Waals surface area contributed by atoms with E-state index in [4.69, 9.17) is 11.2 Å². The highest BCUT2D eigenvalue weighted by Crippen LogP contribution is 2.29. The summed E-state index contributed by atoms with van der Waals surface area (Å²) < 4.78 is 5.36. The van der Waals surface area contributed by atoms with E-state index >= 15 is 0 Å². The smallest absolute Gasteiger partial charge is 0.225 e. The van der Waals surface area contributed by atoms with Gasteiger partial charge < -0.3 is 9.64 Å². The van der Waals surface area contributed by atoms with Crippen LogP contribution in [0.3, 0.4) is 0 Å². The third-order valence-corrected chi connectivity index (χ3v) is 3.92. The molecular formula is C14H21NO2. The molecule has 0 aromatic heterocycles. The highest BCUT2D eigenvalue weighted by molar-refractivity contribution is 5.79. The molecule has 1 aliphatic carbocycles. The van der Waals surface area contributed by atoms with E-state index in [1.165, 1.54) is 6.42 Å². The fraction of sp³-hybridized carbons (Fsp3) is 0.786. The molecule has 0 radical (unpaired) electrons. The summed E-state index contributed by atoms with van der Waals surface area (Å²) in [5, 5.41) is 0. The van der Waals surface area contributed by atoms with Crippen LogP contribution in [-0.4, -0.2) is 37.1 Å². The van der Waals surface area contributed by atoms with Crippen molar-refractivity contribution in [3.8, 4) is 12.3 Å². The highest BCUT2D eigenvalue weighted by atomic mass is 16.5. The first-order valence-corrected chi connectivity index (χ1v) is 6.61. The van der Waals surface area contributed by atoms with Gasteiger partial charge in [0, 0.05) is 19.0 Å². The van der Waals surface area contributed by atoms with Crippen molar-refractivity contribution in [1.29, 1.82) is 0 Å². The van der Waals surface area contributed by atoms with Gasteiger partial charge in [0.25, 0.3) is 0 Å². The summed E-state index contributed by atoms with van der Waals surface area (Å²) in [6.07, 6.45) is 10.7. The SMILES string of the molecule is C#CCOCC1CCN(C(=O)C2CCC2)CC1. The van der Waals surface area contributed by atoms with Gasteiger partial charge >= 0.3 is 0 Å². The molecule has 2 aliphatic rings. The van der Waals surface area contributed by atoms with Crippen LogP contribution in [0.1, 0.15) is 32.1 Å². The van der Waals surface area contributed by atoms with Crippen LogP contribution in [-0.2, 0) is 9.53 Å². The van der Waals surface area contributed by atoms with Crippen molar-refractivity contribution in [3.63, 3.8) is 0 Å². The predicted octanol–water partition coefficient (Wildman–Crippen LogP) is 1.67. The standard InChI is InChI=1S/C14H21NO2/c1-2-10-17-11-12-6-8-15(9-7-12)14(16)13-4-3-5-13/h1,12-13H,3-11H2. The largest absolute Gasteiger partial charge is 0.369 e. The molecular weight excluding hydrogens is 214 g/mol. The van der Waals surface area contributed by atoms with E-state index in [2.05, 4.69) is 5.92 Å². The lowest BCUT2D eigenvalue weighted by atomic mass is 9.83. The molecule has 0 N–H and O–H groups in total. The number of terminal acetylenes is 1. The number of carbonyl (C=O) groups is 1. The molecule has 1 aliphatic heterocycles. The Morgan fingerprint density at radius 3 is 2.53 bits per heavy atom. The Morgan fingerprint density at radius 2 is 2.00 bits per heavy atom. The summed E-state index contributed by atoms with van der Waals surface area (Å²) >= 11 is 0. The van der Waals surface area contributed by atoms with Crippen molar-refractivity contribution >= 4 is 5.91 Å². The molecule has 0 spiro atoms. The maximum absolute atomic E-state index is 12.0. The van der Waals surface area contributed by atoms with Gasteiger partial charge in [-0.15, -0.1) is 6.42 Å². The van der Waals surface area contributed by atoms with E-state index in [-0.39, 0.29) is 0 Å².